The number of rotatable bonds is 1. The second-order valence-electron chi connectivity index (χ2n) is 3.66. The Kier molecular flexibility index (Phi) is 2.46. The minimum absolute atomic E-state index is 0.712. The lowest BCUT2D eigenvalue weighted by molar-refractivity contribution is 1.05. The molecule has 1 aromatic carbocycles. The number of pyridine rings is 1. The molecule has 2 heterocycles. The molecular weight excluding hydrogens is 234 g/mol. The van der Waals surface area contributed by atoms with Gasteiger partial charge in [0.05, 0.1) is 6.20 Å². The molecule has 3 nitrogen and oxygen atoms in total. The van der Waals surface area contributed by atoms with Gasteiger partial charge in [0.15, 0.2) is 0 Å². The van der Waals surface area contributed by atoms with Gasteiger partial charge in [0.1, 0.15) is 5.69 Å². The number of hydrogen-bond donors (Lipinski definition) is 0. The Labute approximate surface area is 103 Å². The van der Waals surface area contributed by atoms with Crippen molar-refractivity contribution in [3.05, 3.63) is 53.9 Å². The number of hydrogen-bond acceptors (Lipinski definition) is 3. The normalized spacial score (nSPS) is 10.6. The van der Waals surface area contributed by atoms with Crippen LogP contribution in [0.5, 0.6) is 0 Å². The van der Waals surface area contributed by atoms with Gasteiger partial charge >= 0.3 is 0 Å². The summed E-state index contributed by atoms with van der Waals surface area (Å²) in [5.41, 5.74) is 1.85. The third kappa shape index (κ3) is 1.85. The molecule has 0 N–H and O–H groups in total. The zero-order valence-electron chi connectivity index (χ0n) is 8.84. The van der Waals surface area contributed by atoms with Crippen molar-refractivity contribution in [2.45, 2.75) is 0 Å². The average molecular weight is 242 g/mol. The largest absolute Gasteiger partial charge is 0.264 e. The van der Waals surface area contributed by atoms with Gasteiger partial charge in [0.2, 0.25) is 0 Å². The molecule has 0 radical (unpaired) electrons. The molecule has 0 atom stereocenters. The molecule has 0 saturated heterocycles. The van der Waals surface area contributed by atoms with Crippen molar-refractivity contribution in [3.8, 4) is 11.3 Å². The van der Waals surface area contributed by atoms with Crippen molar-refractivity contribution in [3.63, 3.8) is 0 Å². The number of benzene rings is 1. The van der Waals surface area contributed by atoms with E-state index in [1.54, 1.807) is 18.6 Å². The second kappa shape index (κ2) is 4.11. The molecule has 0 amide bonds. The Morgan fingerprint density at radius 1 is 0.941 bits per heavy atom. The van der Waals surface area contributed by atoms with Crippen molar-refractivity contribution < 1.29 is 0 Å². The van der Waals surface area contributed by atoms with E-state index in [9.17, 15) is 0 Å². The minimum Gasteiger partial charge on any atom is -0.264 e. The van der Waals surface area contributed by atoms with Gasteiger partial charge in [-0.1, -0.05) is 23.7 Å². The maximum Gasteiger partial charge on any atom is 0.101 e. The SMILES string of the molecule is Clc1ccc(-c2nncc3cnccc23)cc1. The maximum atomic E-state index is 5.87. The van der Waals surface area contributed by atoms with E-state index in [4.69, 9.17) is 11.6 Å². The Morgan fingerprint density at radius 3 is 2.59 bits per heavy atom. The summed E-state index contributed by atoms with van der Waals surface area (Å²) in [4.78, 5) is 4.07. The number of aromatic nitrogens is 3. The highest BCUT2D eigenvalue weighted by Crippen LogP contribution is 2.25. The Morgan fingerprint density at radius 2 is 1.76 bits per heavy atom. The Balaban J connectivity index is 2.27. The summed E-state index contributed by atoms with van der Waals surface area (Å²) in [6.45, 7) is 0. The maximum absolute atomic E-state index is 5.87. The summed E-state index contributed by atoms with van der Waals surface area (Å²) in [6, 6.07) is 9.50. The summed E-state index contributed by atoms with van der Waals surface area (Å²) < 4.78 is 0. The zero-order chi connectivity index (χ0) is 11.7. The Hall–Kier alpha value is -2.00. The van der Waals surface area contributed by atoms with Crippen LogP contribution < -0.4 is 0 Å². The number of fused-ring (bicyclic) bond motifs is 1. The van der Waals surface area contributed by atoms with Crippen LogP contribution in [0.25, 0.3) is 22.0 Å². The van der Waals surface area contributed by atoms with E-state index >= 15 is 0 Å². The molecule has 0 aliphatic rings. The van der Waals surface area contributed by atoms with E-state index in [1.807, 2.05) is 30.3 Å². The summed E-state index contributed by atoms with van der Waals surface area (Å²) in [5, 5.41) is 10.9. The summed E-state index contributed by atoms with van der Waals surface area (Å²) in [6.07, 6.45) is 5.24. The monoisotopic (exact) mass is 241 g/mol. The number of halogens is 1. The first-order chi connectivity index (χ1) is 8.34. The fourth-order valence-corrected chi connectivity index (χ4v) is 1.87. The molecule has 4 heteroatoms. The van der Waals surface area contributed by atoms with Crippen LogP contribution >= 0.6 is 11.6 Å². The highest BCUT2D eigenvalue weighted by atomic mass is 35.5. The van der Waals surface area contributed by atoms with Crippen LogP contribution in [0.2, 0.25) is 5.02 Å². The van der Waals surface area contributed by atoms with Crippen molar-refractivity contribution in [1.29, 1.82) is 0 Å². The van der Waals surface area contributed by atoms with E-state index in [1.165, 1.54) is 0 Å². The third-order valence-electron chi connectivity index (χ3n) is 2.58. The van der Waals surface area contributed by atoms with E-state index in [2.05, 4.69) is 15.2 Å². The summed E-state index contributed by atoms with van der Waals surface area (Å²) >= 11 is 5.87. The molecule has 0 fully saturated rings. The van der Waals surface area contributed by atoms with Crippen LogP contribution in [0, 0.1) is 0 Å². The zero-order valence-corrected chi connectivity index (χ0v) is 9.59. The van der Waals surface area contributed by atoms with Crippen molar-refractivity contribution >= 4 is 22.4 Å². The fourth-order valence-electron chi connectivity index (χ4n) is 1.75. The van der Waals surface area contributed by atoms with Gasteiger partial charge in [-0.05, 0) is 18.2 Å². The first-order valence-corrected chi connectivity index (χ1v) is 5.54. The van der Waals surface area contributed by atoms with E-state index in [0.717, 1.165) is 22.0 Å². The Bertz CT molecular complexity index is 660. The van der Waals surface area contributed by atoms with E-state index in [0.29, 0.717) is 5.02 Å². The first-order valence-electron chi connectivity index (χ1n) is 5.16. The molecule has 82 valence electrons. The van der Waals surface area contributed by atoms with Crippen LogP contribution in [0.3, 0.4) is 0 Å². The smallest absolute Gasteiger partial charge is 0.101 e. The van der Waals surface area contributed by atoms with Gasteiger partial charge in [-0.25, -0.2) is 0 Å². The van der Waals surface area contributed by atoms with Gasteiger partial charge in [-0.2, -0.15) is 5.10 Å². The van der Waals surface area contributed by atoms with Crippen LogP contribution in [0.1, 0.15) is 0 Å². The van der Waals surface area contributed by atoms with Crippen molar-refractivity contribution in [2.75, 3.05) is 0 Å². The molecule has 0 saturated carbocycles. The third-order valence-corrected chi connectivity index (χ3v) is 2.83. The molecule has 0 spiro atoms. The van der Waals surface area contributed by atoms with E-state index in [-0.39, 0.29) is 0 Å². The molecule has 3 rings (SSSR count). The van der Waals surface area contributed by atoms with Crippen LogP contribution in [-0.4, -0.2) is 15.2 Å². The topological polar surface area (TPSA) is 38.7 Å². The molecule has 0 aliphatic heterocycles. The fraction of sp³-hybridized carbons (Fsp3) is 0. The molecule has 3 aromatic rings. The summed E-state index contributed by atoms with van der Waals surface area (Å²) in [7, 11) is 0. The van der Waals surface area contributed by atoms with Crippen LogP contribution in [0.15, 0.2) is 48.9 Å². The molecule has 0 bridgehead atoms. The lowest BCUT2D eigenvalue weighted by Crippen LogP contribution is -1.89. The number of nitrogens with zero attached hydrogens (tertiary/aromatic N) is 3. The standard InChI is InChI=1S/C13H8ClN3/c14-11-3-1-9(2-4-11)13-12-5-6-15-7-10(12)8-16-17-13/h1-8H. The first kappa shape index (κ1) is 10.2. The lowest BCUT2D eigenvalue weighted by atomic mass is 10.1. The van der Waals surface area contributed by atoms with Gasteiger partial charge in [0, 0.05) is 33.8 Å². The quantitative estimate of drug-likeness (QED) is 0.656. The molecule has 2 aromatic heterocycles. The van der Waals surface area contributed by atoms with Gasteiger partial charge in [-0.3, -0.25) is 4.98 Å². The summed E-state index contributed by atoms with van der Waals surface area (Å²) in [5.74, 6) is 0. The average Bonchev–Trinajstić information content (AvgIpc) is 2.39. The van der Waals surface area contributed by atoms with Crippen LogP contribution in [0.4, 0.5) is 0 Å². The van der Waals surface area contributed by atoms with Gasteiger partial charge in [0.25, 0.3) is 0 Å². The van der Waals surface area contributed by atoms with Crippen molar-refractivity contribution in [2.24, 2.45) is 0 Å². The highest BCUT2D eigenvalue weighted by Gasteiger charge is 2.05. The predicted octanol–water partition coefficient (Wildman–Crippen LogP) is 3.35. The van der Waals surface area contributed by atoms with Crippen molar-refractivity contribution in [1.82, 2.24) is 15.2 Å². The van der Waals surface area contributed by atoms with E-state index < -0.39 is 0 Å². The molecule has 17 heavy (non-hydrogen) atoms. The minimum atomic E-state index is 0.712. The second-order valence-corrected chi connectivity index (χ2v) is 4.10. The van der Waals surface area contributed by atoms with Gasteiger partial charge < -0.3 is 0 Å². The highest BCUT2D eigenvalue weighted by molar-refractivity contribution is 6.30. The van der Waals surface area contributed by atoms with Gasteiger partial charge in [-0.15, -0.1) is 5.10 Å². The molecular formula is C13H8ClN3. The molecule has 0 unspecified atom stereocenters. The van der Waals surface area contributed by atoms with Crippen LogP contribution in [-0.2, 0) is 0 Å². The lowest BCUT2D eigenvalue weighted by Gasteiger charge is -2.04. The predicted molar refractivity (Wildman–Crippen MR) is 67.8 cm³/mol. The molecule has 0 aliphatic carbocycles.